The summed E-state index contributed by atoms with van der Waals surface area (Å²) in [5.41, 5.74) is 5.67. The highest BCUT2D eigenvalue weighted by molar-refractivity contribution is 7.89. The third-order valence-corrected chi connectivity index (χ3v) is 6.00. The Hall–Kier alpha value is -0.330. The van der Waals surface area contributed by atoms with Crippen LogP contribution in [0.15, 0.2) is 23.1 Å². The number of sulfonamides is 1. The average Bonchev–Trinajstić information content (AvgIpc) is 2.38. The van der Waals surface area contributed by atoms with Gasteiger partial charge in [0.1, 0.15) is 4.90 Å². The first-order valence-corrected chi connectivity index (χ1v) is 8.33. The molecule has 1 fully saturated rings. The highest BCUT2D eigenvalue weighted by Crippen LogP contribution is 2.30. The van der Waals surface area contributed by atoms with Gasteiger partial charge in [-0.1, -0.05) is 29.6 Å². The number of piperidine rings is 1. The van der Waals surface area contributed by atoms with Gasteiger partial charge in [0.2, 0.25) is 10.0 Å². The maximum Gasteiger partial charge on any atom is 0.244 e. The van der Waals surface area contributed by atoms with Crippen LogP contribution in [0.25, 0.3) is 0 Å². The lowest BCUT2D eigenvalue weighted by Gasteiger charge is -2.34. The third kappa shape index (κ3) is 3.06. The summed E-state index contributed by atoms with van der Waals surface area (Å²) in [6.07, 6.45) is 2.64. The zero-order valence-corrected chi connectivity index (χ0v) is 12.7. The zero-order valence-electron chi connectivity index (χ0n) is 10.4. The molecule has 0 aliphatic carbocycles. The molecule has 1 aliphatic rings. The second kappa shape index (κ2) is 5.97. The molecule has 1 unspecified atom stereocenters. The molecular formula is C12H16Cl2N2O2S. The molecule has 19 heavy (non-hydrogen) atoms. The third-order valence-electron chi connectivity index (χ3n) is 3.33. The number of halogens is 2. The molecule has 1 saturated heterocycles. The van der Waals surface area contributed by atoms with Crippen molar-refractivity contribution in [3.05, 3.63) is 28.2 Å². The number of rotatable bonds is 3. The van der Waals surface area contributed by atoms with E-state index < -0.39 is 10.0 Å². The van der Waals surface area contributed by atoms with Crippen LogP contribution in [-0.4, -0.2) is 31.9 Å². The standard InChI is InChI=1S/C12H16Cl2N2O2S/c13-9-4-5-12(11(14)7-9)19(17,18)16-6-2-1-3-10(16)8-15/h4-5,7,10H,1-3,6,8,15H2. The monoisotopic (exact) mass is 322 g/mol. The van der Waals surface area contributed by atoms with Gasteiger partial charge in [-0.3, -0.25) is 0 Å². The van der Waals surface area contributed by atoms with E-state index in [-0.39, 0.29) is 16.0 Å². The van der Waals surface area contributed by atoms with E-state index in [2.05, 4.69) is 0 Å². The molecular weight excluding hydrogens is 307 g/mol. The van der Waals surface area contributed by atoms with Gasteiger partial charge in [0.05, 0.1) is 5.02 Å². The van der Waals surface area contributed by atoms with Crippen molar-refractivity contribution >= 4 is 33.2 Å². The van der Waals surface area contributed by atoms with Crippen LogP contribution in [-0.2, 0) is 10.0 Å². The van der Waals surface area contributed by atoms with Crippen molar-refractivity contribution in [1.29, 1.82) is 0 Å². The Morgan fingerprint density at radius 1 is 1.32 bits per heavy atom. The number of benzene rings is 1. The molecule has 0 bridgehead atoms. The Labute approximate surface area is 123 Å². The lowest BCUT2D eigenvalue weighted by molar-refractivity contribution is 0.257. The van der Waals surface area contributed by atoms with Crippen LogP contribution in [0.2, 0.25) is 10.0 Å². The Bertz CT molecular complexity index is 563. The van der Waals surface area contributed by atoms with Crippen LogP contribution in [0, 0.1) is 0 Å². The first-order chi connectivity index (χ1) is 8.96. The fourth-order valence-electron chi connectivity index (χ4n) is 2.34. The van der Waals surface area contributed by atoms with Crippen molar-refractivity contribution in [3.63, 3.8) is 0 Å². The first kappa shape index (κ1) is 15.1. The van der Waals surface area contributed by atoms with Crippen LogP contribution in [0.4, 0.5) is 0 Å². The molecule has 2 rings (SSSR count). The van der Waals surface area contributed by atoms with Gasteiger partial charge >= 0.3 is 0 Å². The molecule has 1 aromatic carbocycles. The molecule has 1 aromatic rings. The molecule has 0 aromatic heterocycles. The molecule has 7 heteroatoms. The summed E-state index contributed by atoms with van der Waals surface area (Å²) >= 11 is 11.8. The van der Waals surface area contributed by atoms with E-state index in [9.17, 15) is 8.42 Å². The highest BCUT2D eigenvalue weighted by Gasteiger charge is 2.33. The van der Waals surface area contributed by atoms with Crippen LogP contribution in [0.1, 0.15) is 19.3 Å². The number of nitrogens with two attached hydrogens (primary N) is 1. The summed E-state index contributed by atoms with van der Waals surface area (Å²) in [4.78, 5) is 0.0962. The smallest absolute Gasteiger partial charge is 0.244 e. The second-order valence-electron chi connectivity index (χ2n) is 4.58. The quantitative estimate of drug-likeness (QED) is 0.929. The molecule has 106 valence electrons. The summed E-state index contributed by atoms with van der Waals surface area (Å²) < 4.78 is 26.7. The lowest BCUT2D eigenvalue weighted by Crippen LogP contribution is -2.47. The summed E-state index contributed by atoms with van der Waals surface area (Å²) in [7, 11) is -3.61. The zero-order chi connectivity index (χ0) is 14.0. The molecule has 1 atom stereocenters. The van der Waals surface area contributed by atoms with Gasteiger partial charge in [0.15, 0.2) is 0 Å². The summed E-state index contributed by atoms with van der Waals surface area (Å²) in [5.74, 6) is 0. The van der Waals surface area contributed by atoms with Crippen LogP contribution < -0.4 is 5.73 Å². The van der Waals surface area contributed by atoms with E-state index >= 15 is 0 Å². The second-order valence-corrected chi connectivity index (χ2v) is 7.28. The molecule has 0 spiro atoms. The van der Waals surface area contributed by atoms with Gasteiger partial charge in [0.25, 0.3) is 0 Å². The molecule has 1 heterocycles. The van der Waals surface area contributed by atoms with Crippen molar-refractivity contribution in [2.75, 3.05) is 13.1 Å². The lowest BCUT2D eigenvalue weighted by atomic mass is 10.1. The fourth-order valence-corrected chi connectivity index (χ4v) is 4.79. The summed E-state index contributed by atoms with van der Waals surface area (Å²) in [6.45, 7) is 0.813. The van der Waals surface area contributed by atoms with Gasteiger partial charge in [0, 0.05) is 24.2 Å². The normalized spacial score (nSPS) is 21.5. The van der Waals surface area contributed by atoms with E-state index in [0.717, 1.165) is 19.3 Å². The van der Waals surface area contributed by atoms with Crippen molar-refractivity contribution < 1.29 is 8.42 Å². The highest BCUT2D eigenvalue weighted by atomic mass is 35.5. The average molecular weight is 323 g/mol. The predicted molar refractivity (Wildman–Crippen MR) is 77.0 cm³/mol. The van der Waals surface area contributed by atoms with Gasteiger partial charge in [-0.25, -0.2) is 8.42 Å². The van der Waals surface area contributed by atoms with E-state index in [1.54, 1.807) is 0 Å². The van der Waals surface area contributed by atoms with Gasteiger partial charge < -0.3 is 5.73 Å². The van der Waals surface area contributed by atoms with Crippen LogP contribution >= 0.6 is 23.2 Å². The molecule has 1 aliphatic heterocycles. The number of hydrogen-bond donors (Lipinski definition) is 1. The molecule has 0 saturated carbocycles. The maximum atomic E-state index is 12.6. The minimum absolute atomic E-state index is 0.0962. The van der Waals surface area contributed by atoms with Crippen LogP contribution in [0.5, 0.6) is 0 Å². The Balaban J connectivity index is 2.40. The van der Waals surface area contributed by atoms with Crippen LogP contribution in [0.3, 0.4) is 0 Å². The fraction of sp³-hybridized carbons (Fsp3) is 0.500. The predicted octanol–water partition coefficient (Wildman–Crippen LogP) is 2.50. The Kier molecular flexibility index (Phi) is 4.74. The van der Waals surface area contributed by atoms with E-state index in [1.165, 1.54) is 22.5 Å². The SMILES string of the molecule is NCC1CCCCN1S(=O)(=O)c1ccc(Cl)cc1Cl. The maximum absolute atomic E-state index is 12.6. The van der Waals surface area contributed by atoms with E-state index in [0.29, 0.717) is 18.1 Å². The molecule has 0 amide bonds. The number of nitrogens with zero attached hydrogens (tertiary/aromatic N) is 1. The summed E-state index contributed by atoms with van der Waals surface area (Å²) in [5, 5.41) is 0.562. The molecule has 2 N–H and O–H groups in total. The van der Waals surface area contributed by atoms with Crippen molar-refractivity contribution in [1.82, 2.24) is 4.31 Å². The largest absolute Gasteiger partial charge is 0.329 e. The Morgan fingerprint density at radius 2 is 2.05 bits per heavy atom. The van der Waals surface area contributed by atoms with Gasteiger partial charge in [-0.05, 0) is 31.0 Å². The number of hydrogen-bond acceptors (Lipinski definition) is 3. The van der Waals surface area contributed by atoms with Crippen molar-refractivity contribution in [3.8, 4) is 0 Å². The first-order valence-electron chi connectivity index (χ1n) is 6.14. The van der Waals surface area contributed by atoms with Crippen molar-refractivity contribution in [2.45, 2.75) is 30.2 Å². The minimum atomic E-state index is -3.61. The van der Waals surface area contributed by atoms with Crippen molar-refractivity contribution in [2.24, 2.45) is 5.73 Å². The van der Waals surface area contributed by atoms with E-state index in [1.807, 2.05) is 0 Å². The minimum Gasteiger partial charge on any atom is -0.329 e. The van der Waals surface area contributed by atoms with E-state index in [4.69, 9.17) is 28.9 Å². The topological polar surface area (TPSA) is 63.4 Å². The summed E-state index contributed by atoms with van der Waals surface area (Å²) in [6, 6.07) is 4.27. The molecule has 0 radical (unpaired) electrons. The molecule has 4 nitrogen and oxygen atoms in total. The van der Waals surface area contributed by atoms with Gasteiger partial charge in [-0.15, -0.1) is 0 Å². The Morgan fingerprint density at radius 3 is 2.68 bits per heavy atom. The van der Waals surface area contributed by atoms with Gasteiger partial charge in [-0.2, -0.15) is 4.31 Å².